The molecule has 0 aliphatic rings. The van der Waals surface area contributed by atoms with Gasteiger partial charge in [-0.25, -0.2) is 8.78 Å². The number of benzene rings is 2. The van der Waals surface area contributed by atoms with Gasteiger partial charge >= 0.3 is 0 Å². The standard InChI is InChI=1S/C14H12ClF2N/c15-12-4-2-1-3-11(12)14(18)8-9-7-10(16)5-6-13(9)17/h1-7,14H,8,18H2. The Labute approximate surface area is 109 Å². The van der Waals surface area contributed by atoms with Crippen LogP contribution in [0, 0.1) is 11.6 Å². The Morgan fingerprint density at radius 2 is 1.83 bits per heavy atom. The van der Waals surface area contributed by atoms with Crippen molar-refractivity contribution in [1.29, 1.82) is 0 Å². The Morgan fingerprint density at radius 1 is 1.11 bits per heavy atom. The minimum Gasteiger partial charge on any atom is -0.324 e. The molecular formula is C14H12ClF2N. The molecule has 0 radical (unpaired) electrons. The van der Waals surface area contributed by atoms with Gasteiger partial charge in [0, 0.05) is 11.1 Å². The van der Waals surface area contributed by atoms with Crippen LogP contribution >= 0.6 is 11.6 Å². The molecule has 4 heteroatoms. The molecule has 2 N–H and O–H groups in total. The van der Waals surface area contributed by atoms with Crippen molar-refractivity contribution < 1.29 is 8.78 Å². The summed E-state index contributed by atoms with van der Waals surface area (Å²) in [4.78, 5) is 0. The zero-order chi connectivity index (χ0) is 13.1. The fourth-order valence-electron chi connectivity index (χ4n) is 1.82. The third-order valence-corrected chi connectivity index (χ3v) is 3.10. The van der Waals surface area contributed by atoms with Crippen molar-refractivity contribution >= 4 is 11.6 Å². The monoisotopic (exact) mass is 267 g/mol. The van der Waals surface area contributed by atoms with Gasteiger partial charge in [0.2, 0.25) is 0 Å². The quantitative estimate of drug-likeness (QED) is 0.898. The molecule has 0 saturated heterocycles. The summed E-state index contributed by atoms with van der Waals surface area (Å²) in [5.74, 6) is -0.934. The minimum atomic E-state index is -0.474. The molecule has 0 saturated carbocycles. The van der Waals surface area contributed by atoms with Crippen molar-refractivity contribution in [2.45, 2.75) is 12.5 Å². The van der Waals surface area contributed by atoms with Crippen LogP contribution < -0.4 is 5.73 Å². The summed E-state index contributed by atoms with van der Waals surface area (Å²) < 4.78 is 26.5. The van der Waals surface area contributed by atoms with Crippen molar-refractivity contribution in [1.82, 2.24) is 0 Å². The van der Waals surface area contributed by atoms with Crippen LogP contribution in [0.1, 0.15) is 17.2 Å². The lowest BCUT2D eigenvalue weighted by Crippen LogP contribution is -2.14. The van der Waals surface area contributed by atoms with Crippen LogP contribution in [-0.2, 0) is 6.42 Å². The summed E-state index contributed by atoms with van der Waals surface area (Å²) in [6, 6.07) is 9.98. The number of rotatable bonds is 3. The number of hydrogen-bond acceptors (Lipinski definition) is 1. The second-order valence-electron chi connectivity index (χ2n) is 4.07. The Hall–Kier alpha value is -1.45. The van der Waals surface area contributed by atoms with E-state index in [4.69, 9.17) is 17.3 Å². The second-order valence-corrected chi connectivity index (χ2v) is 4.48. The third kappa shape index (κ3) is 2.86. The molecule has 1 atom stereocenters. The number of hydrogen-bond donors (Lipinski definition) is 1. The average Bonchev–Trinajstić information content (AvgIpc) is 2.34. The highest BCUT2D eigenvalue weighted by Gasteiger charge is 2.13. The van der Waals surface area contributed by atoms with Crippen molar-refractivity contribution in [2.24, 2.45) is 5.73 Å². The third-order valence-electron chi connectivity index (χ3n) is 2.75. The van der Waals surface area contributed by atoms with Gasteiger partial charge in [0.1, 0.15) is 11.6 Å². The predicted molar refractivity (Wildman–Crippen MR) is 68.4 cm³/mol. The molecule has 0 spiro atoms. The molecule has 0 aliphatic heterocycles. The van der Waals surface area contributed by atoms with Gasteiger partial charge < -0.3 is 5.73 Å². The van der Waals surface area contributed by atoms with Crippen LogP contribution in [0.15, 0.2) is 42.5 Å². The normalized spacial score (nSPS) is 12.4. The second kappa shape index (κ2) is 5.46. The first kappa shape index (κ1) is 13.0. The van der Waals surface area contributed by atoms with Crippen LogP contribution in [0.25, 0.3) is 0 Å². The zero-order valence-electron chi connectivity index (χ0n) is 9.54. The highest BCUT2D eigenvalue weighted by Crippen LogP contribution is 2.24. The van der Waals surface area contributed by atoms with Gasteiger partial charge in [0.15, 0.2) is 0 Å². The fourth-order valence-corrected chi connectivity index (χ4v) is 2.10. The summed E-state index contributed by atoms with van der Waals surface area (Å²) in [6.07, 6.45) is 0.202. The molecule has 0 bridgehead atoms. The first-order chi connectivity index (χ1) is 8.58. The lowest BCUT2D eigenvalue weighted by molar-refractivity contribution is 0.573. The van der Waals surface area contributed by atoms with Gasteiger partial charge in [0.25, 0.3) is 0 Å². The maximum Gasteiger partial charge on any atom is 0.126 e. The smallest absolute Gasteiger partial charge is 0.126 e. The molecule has 18 heavy (non-hydrogen) atoms. The molecule has 0 fully saturated rings. The largest absolute Gasteiger partial charge is 0.324 e. The highest BCUT2D eigenvalue weighted by molar-refractivity contribution is 6.31. The number of halogens is 3. The SMILES string of the molecule is NC(Cc1cc(F)ccc1F)c1ccccc1Cl. The van der Waals surface area contributed by atoms with E-state index in [0.717, 1.165) is 23.8 Å². The molecular weight excluding hydrogens is 256 g/mol. The molecule has 1 unspecified atom stereocenters. The van der Waals surface area contributed by atoms with Gasteiger partial charge in [-0.1, -0.05) is 29.8 Å². The maximum absolute atomic E-state index is 13.5. The Balaban J connectivity index is 2.24. The van der Waals surface area contributed by atoms with E-state index in [9.17, 15) is 8.78 Å². The van der Waals surface area contributed by atoms with E-state index in [1.54, 1.807) is 18.2 Å². The fraction of sp³-hybridized carbons (Fsp3) is 0.143. The highest BCUT2D eigenvalue weighted by atomic mass is 35.5. The van der Waals surface area contributed by atoms with E-state index in [1.165, 1.54) is 0 Å². The molecule has 2 aromatic carbocycles. The summed E-state index contributed by atoms with van der Waals surface area (Å²) >= 11 is 6.01. The molecule has 0 aromatic heterocycles. The summed E-state index contributed by atoms with van der Waals surface area (Å²) in [6.45, 7) is 0. The average molecular weight is 268 g/mol. The molecule has 0 heterocycles. The van der Waals surface area contributed by atoms with Crippen LogP contribution in [0.4, 0.5) is 8.78 Å². The molecule has 2 rings (SSSR count). The van der Waals surface area contributed by atoms with E-state index >= 15 is 0 Å². The van der Waals surface area contributed by atoms with Gasteiger partial charge in [-0.2, -0.15) is 0 Å². The van der Waals surface area contributed by atoms with Crippen LogP contribution in [0.5, 0.6) is 0 Å². The minimum absolute atomic E-state index is 0.202. The Morgan fingerprint density at radius 3 is 2.56 bits per heavy atom. The van der Waals surface area contributed by atoms with E-state index in [0.29, 0.717) is 5.02 Å². The van der Waals surface area contributed by atoms with E-state index in [-0.39, 0.29) is 12.0 Å². The molecule has 2 aromatic rings. The first-order valence-corrected chi connectivity index (χ1v) is 5.89. The lowest BCUT2D eigenvalue weighted by Gasteiger charge is -2.14. The number of nitrogens with two attached hydrogens (primary N) is 1. The summed E-state index contributed by atoms with van der Waals surface area (Å²) in [5.41, 5.74) is 6.95. The molecule has 94 valence electrons. The van der Waals surface area contributed by atoms with Crippen molar-refractivity contribution in [2.75, 3.05) is 0 Å². The molecule has 0 aliphatic carbocycles. The van der Waals surface area contributed by atoms with Gasteiger partial charge in [-0.3, -0.25) is 0 Å². The van der Waals surface area contributed by atoms with Crippen molar-refractivity contribution in [3.05, 3.63) is 70.2 Å². The van der Waals surface area contributed by atoms with Gasteiger partial charge in [-0.05, 0) is 41.8 Å². The van der Waals surface area contributed by atoms with E-state index in [2.05, 4.69) is 0 Å². The zero-order valence-corrected chi connectivity index (χ0v) is 10.3. The molecule has 0 amide bonds. The van der Waals surface area contributed by atoms with Crippen molar-refractivity contribution in [3.8, 4) is 0 Å². The van der Waals surface area contributed by atoms with Gasteiger partial charge in [-0.15, -0.1) is 0 Å². The van der Waals surface area contributed by atoms with Gasteiger partial charge in [0.05, 0.1) is 0 Å². The summed E-state index contributed by atoms with van der Waals surface area (Å²) in [5, 5.41) is 0.529. The summed E-state index contributed by atoms with van der Waals surface area (Å²) in [7, 11) is 0. The Kier molecular flexibility index (Phi) is 3.94. The predicted octanol–water partition coefficient (Wildman–Crippen LogP) is 3.86. The maximum atomic E-state index is 13.5. The topological polar surface area (TPSA) is 26.0 Å². The van der Waals surface area contributed by atoms with E-state index in [1.807, 2.05) is 6.07 Å². The van der Waals surface area contributed by atoms with Crippen LogP contribution in [-0.4, -0.2) is 0 Å². The first-order valence-electron chi connectivity index (χ1n) is 5.52. The van der Waals surface area contributed by atoms with Crippen LogP contribution in [0.3, 0.4) is 0 Å². The Bertz CT molecular complexity index is 557. The van der Waals surface area contributed by atoms with Crippen molar-refractivity contribution in [3.63, 3.8) is 0 Å². The lowest BCUT2D eigenvalue weighted by atomic mass is 9.99. The molecule has 1 nitrogen and oxygen atoms in total. The van der Waals surface area contributed by atoms with Crippen LogP contribution in [0.2, 0.25) is 5.02 Å². The van der Waals surface area contributed by atoms with E-state index < -0.39 is 17.7 Å².